The summed E-state index contributed by atoms with van der Waals surface area (Å²) in [5.41, 5.74) is 3.03. The van der Waals surface area contributed by atoms with E-state index in [4.69, 9.17) is 4.74 Å². The van der Waals surface area contributed by atoms with Crippen molar-refractivity contribution in [1.82, 2.24) is 5.32 Å². The molecule has 28 heavy (non-hydrogen) atoms. The lowest BCUT2D eigenvalue weighted by atomic mass is 10.1. The highest BCUT2D eigenvalue weighted by atomic mass is 32.2. The molecule has 2 aromatic carbocycles. The van der Waals surface area contributed by atoms with Crippen LogP contribution in [0.4, 0.5) is 5.69 Å². The second kappa shape index (κ2) is 8.75. The third-order valence-corrected chi connectivity index (χ3v) is 5.92. The molecule has 3 rings (SSSR count). The molecule has 1 aliphatic rings. The molecule has 1 N–H and O–H groups in total. The van der Waals surface area contributed by atoms with Crippen LogP contribution in [0.15, 0.2) is 48.5 Å². The number of hydrogen-bond acceptors (Lipinski definition) is 4. The molecule has 150 valence electrons. The smallest absolute Gasteiger partial charge is 0.251 e. The van der Waals surface area contributed by atoms with E-state index in [2.05, 4.69) is 5.32 Å². The number of nitrogens with one attached hydrogen (secondary N) is 1. The van der Waals surface area contributed by atoms with Gasteiger partial charge in [0.2, 0.25) is 10.0 Å². The average Bonchev–Trinajstić information content (AvgIpc) is 3.18. The number of amides is 1. The van der Waals surface area contributed by atoms with E-state index >= 15 is 0 Å². The number of rotatable bonds is 7. The van der Waals surface area contributed by atoms with E-state index in [-0.39, 0.29) is 18.6 Å². The summed E-state index contributed by atoms with van der Waals surface area (Å²) in [6.07, 6.45) is 3.25. The molecular weight excluding hydrogens is 376 g/mol. The number of hydrogen-bond donors (Lipinski definition) is 1. The quantitative estimate of drug-likeness (QED) is 0.773. The summed E-state index contributed by atoms with van der Waals surface area (Å²) < 4.78 is 31.5. The van der Waals surface area contributed by atoms with Crippen LogP contribution in [0.3, 0.4) is 0 Å². The fourth-order valence-corrected chi connectivity index (χ4v) is 4.04. The van der Waals surface area contributed by atoms with Gasteiger partial charge in [-0.3, -0.25) is 9.10 Å². The molecule has 0 radical (unpaired) electrons. The normalized spacial score (nSPS) is 16.7. The third-order valence-electron chi connectivity index (χ3n) is 4.78. The number of ether oxygens (including phenoxy) is 1. The number of sulfonamides is 1. The van der Waals surface area contributed by atoms with Gasteiger partial charge >= 0.3 is 0 Å². The highest BCUT2D eigenvalue weighted by molar-refractivity contribution is 7.92. The maximum atomic E-state index is 12.3. The predicted molar refractivity (Wildman–Crippen MR) is 110 cm³/mol. The molecule has 1 unspecified atom stereocenters. The van der Waals surface area contributed by atoms with Gasteiger partial charge in [-0.2, -0.15) is 0 Å². The van der Waals surface area contributed by atoms with Crippen molar-refractivity contribution < 1.29 is 17.9 Å². The first-order valence-corrected chi connectivity index (χ1v) is 11.2. The molecule has 1 aliphatic heterocycles. The first-order valence-electron chi connectivity index (χ1n) is 9.36. The van der Waals surface area contributed by atoms with Crippen LogP contribution in [0.25, 0.3) is 0 Å². The Morgan fingerprint density at radius 3 is 2.39 bits per heavy atom. The molecule has 0 aliphatic carbocycles. The Hall–Kier alpha value is -2.38. The van der Waals surface area contributed by atoms with E-state index in [9.17, 15) is 13.2 Å². The van der Waals surface area contributed by atoms with Gasteiger partial charge in [-0.1, -0.05) is 29.8 Å². The van der Waals surface area contributed by atoms with Crippen LogP contribution < -0.4 is 9.62 Å². The van der Waals surface area contributed by atoms with Gasteiger partial charge in [0, 0.05) is 18.7 Å². The minimum absolute atomic E-state index is 0.0819. The Balaban J connectivity index is 1.70. The highest BCUT2D eigenvalue weighted by Crippen LogP contribution is 2.21. The maximum absolute atomic E-state index is 12.3. The van der Waals surface area contributed by atoms with E-state index in [0.717, 1.165) is 30.6 Å². The lowest BCUT2D eigenvalue weighted by molar-refractivity contribution is 0.0858. The van der Waals surface area contributed by atoms with Crippen molar-refractivity contribution in [3.8, 4) is 0 Å². The molecule has 1 saturated heterocycles. The van der Waals surface area contributed by atoms with Crippen LogP contribution in [0.1, 0.15) is 34.3 Å². The van der Waals surface area contributed by atoms with E-state index in [1.807, 2.05) is 31.2 Å². The molecule has 1 fully saturated rings. The first kappa shape index (κ1) is 20.4. The molecule has 1 heterocycles. The van der Waals surface area contributed by atoms with Gasteiger partial charge in [-0.05, 0) is 49.6 Å². The van der Waals surface area contributed by atoms with E-state index in [1.165, 1.54) is 10.6 Å². The summed E-state index contributed by atoms with van der Waals surface area (Å²) in [5.74, 6) is -0.188. The highest BCUT2D eigenvalue weighted by Gasteiger charge is 2.19. The molecule has 0 spiro atoms. The molecule has 6 nitrogen and oxygen atoms in total. The summed E-state index contributed by atoms with van der Waals surface area (Å²) in [6.45, 7) is 3.46. The summed E-state index contributed by atoms with van der Waals surface area (Å²) in [7, 11) is -3.46. The number of aryl methyl sites for hydroxylation is 1. The van der Waals surface area contributed by atoms with Gasteiger partial charge in [-0.25, -0.2) is 8.42 Å². The van der Waals surface area contributed by atoms with Gasteiger partial charge in [-0.15, -0.1) is 0 Å². The summed E-state index contributed by atoms with van der Waals surface area (Å²) in [5, 5.41) is 2.87. The number of carbonyl (C=O) groups is 1. The minimum atomic E-state index is -3.46. The Morgan fingerprint density at radius 1 is 1.14 bits per heavy atom. The fraction of sp³-hybridized carbons (Fsp3) is 0.381. The minimum Gasteiger partial charge on any atom is -0.376 e. The van der Waals surface area contributed by atoms with Crippen molar-refractivity contribution >= 4 is 21.6 Å². The van der Waals surface area contributed by atoms with Crippen molar-refractivity contribution in [2.75, 3.05) is 23.7 Å². The van der Waals surface area contributed by atoms with Crippen LogP contribution in [-0.2, 0) is 21.3 Å². The number of anilines is 1. The maximum Gasteiger partial charge on any atom is 0.251 e. The lowest BCUT2D eigenvalue weighted by Crippen LogP contribution is -2.32. The zero-order valence-corrected chi connectivity index (χ0v) is 17.0. The molecule has 1 atom stereocenters. The van der Waals surface area contributed by atoms with Crippen LogP contribution in [0, 0.1) is 6.92 Å². The van der Waals surface area contributed by atoms with E-state index in [0.29, 0.717) is 17.8 Å². The standard InChI is InChI=1S/C21H26N2O4S/c1-16-5-7-17(8-6-16)15-23(28(2,25)26)19-11-9-18(10-12-19)21(24)22-14-20-4-3-13-27-20/h5-12,20H,3-4,13-15H2,1-2H3,(H,22,24). The topological polar surface area (TPSA) is 75.7 Å². The Morgan fingerprint density at radius 2 is 1.82 bits per heavy atom. The van der Waals surface area contributed by atoms with E-state index < -0.39 is 10.0 Å². The molecule has 0 saturated carbocycles. The van der Waals surface area contributed by atoms with Crippen LogP contribution in [-0.4, -0.2) is 39.8 Å². The molecule has 0 aromatic heterocycles. The van der Waals surface area contributed by atoms with Gasteiger partial charge in [0.1, 0.15) is 0 Å². The van der Waals surface area contributed by atoms with Crippen molar-refractivity contribution in [2.24, 2.45) is 0 Å². The Bertz CT molecular complexity index is 902. The zero-order valence-electron chi connectivity index (χ0n) is 16.2. The molecule has 1 amide bonds. The third kappa shape index (κ3) is 5.33. The number of carbonyl (C=O) groups excluding carboxylic acids is 1. The number of nitrogens with zero attached hydrogens (tertiary/aromatic N) is 1. The van der Waals surface area contributed by atoms with Crippen molar-refractivity contribution in [2.45, 2.75) is 32.4 Å². The average molecular weight is 403 g/mol. The molecule has 0 bridgehead atoms. The van der Waals surface area contributed by atoms with Crippen molar-refractivity contribution in [3.63, 3.8) is 0 Å². The molecule has 7 heteroatoms. The van der Waals surface area contributed by atoms with Gasteiger partial charge in [0.25, 0.3) is 5.91 Å². The second-order valence-corrected chi connectivity index (χ2v) is 9.05. The van der Waals surface area contributed by atoms with Gasteiger partial charge < -0.3 is 10.1 Å². The summed E-state index contributed by atoms with van der Waals surface area (Å²) in [6, 6.07) is 14.4. The molecule has 2 aromatic rings. The van der Waals surface area contributed by atoms with Crippen LogP contribution in [0.5, 0.6) is 0 Å². The van der Waals surface area contributed by atoms with Crippen LogP contribution >= 0.6 is 0 Å². The van der Waals surface area contributed by atoms with Crippen molar-refractivity contribution in [3.05, 3.63) is 65.2 Å². The van der Waals surface area contributed by atoms with Gasteiger partial charge in [0.15, 0.2) is 0 Å². The van der Waals surface area contributed by atoms with E-state index in [1.54, 1.807) is 24.3 Å². The van der Waals surface area contributed by atoms with Gasteiger partial charge in [0.05, 0.1) is 24.6 Å². The summed E-state index contributed by atoms with van der Waals surface area (Å²) >= 11 is 0. The van der Waals surface area contributed by atoms with Crippen LogP contribution in [0.2, 0.25) is 0 Å². The summed E-state index contributed by atoms with van der Waals surface area (Å²) in [4.78, 5) is 12.3. The molecular formula is C21H26N2O4S. The lowest BCUT2D eigenvalue weighted by Gasteiger charge is -2.23. The monoisotopic (exact) mass is 402 g/mol. The largest absolute Gasteiger partial charge is 0.376 e. The van der Waals surface area contributed by atoms with Crippen molar-refractivity contribution in [1.29, 1.82) is 0 Å². The first-order chi connectivity index (χ1) is 13.3. The Labute approximate surface area is 166 Å². The zero-order chi connectivity index (χ0) is 20.1. The SMILES string of the molecule is Cc1ccc(CN(c2ccc(C(=O)NCC3CCCO3)cc2)S(C)(=O)=O)cc1. The second-order valence-electron chi connectivity index (χ2n) is 7.15. The predicted octanol–water partition coefficient (Wildman–Crippen LogP) is 2.87. The number of benzene rings is 2. The Kier molecular flexibility index (Phi) is 6.36. The fourth-order valence-electron chi connectivity index (χ4n) is 3.15.